The predicted octanol–water partition coefficient (Wildman–Crippen LogP) is 4.45. The van der Waals surface area contributed by atoms with Crippen molar-refractivity contribution in [3.8, 4) is 0 Å². The molecule has 0 spiro atoms. The third-order valence-electron chi connectivity index (χ3n) is 5.64. The second kappa shape index (κ2) is 16.7. The minimum atomic E-state index is -1.54. The first-order valence-corrected chi connectivity index (χ1v) is 11.7. The Balaban J connectivity index is 0.000000590. The molecule has 0 atom stereocenters. The van der Waals surface area contributed by atoms with Crippen molar-refractivity contribution >= 4 is 11.7 Å². The summed E-state index contributed by atoms with van der Waals surface area (Å²) in [5.74, 6) is -1.54. The molecule has 0 radical (unpaired) electrons. The number of carbonyl (C=O) groups is 1. The van der Waals surface area contributed by atoms with E-state index in [2.05, 4.69) is 27.7 Å². The number of aromatic carboxylic acids is 1. The highest BCUT2D eigenvalue weighted by molar-refractivity contribution is 5.88. The number of carboxylic acids is 1. The zero-order valence-electron chi connectivity index (χ0n) is 19.9. The maximum atomic E-state index is 10.5. The van der Waals surface area contributed by atoms with Crippen molar-refractivity contribution in [2.45, 2.75) is 85.7 Å². The van der Waals surface area contributed by atoms with Gasteiger partial charge in [-0.2, -0.15) is 0 Å². The van der Waals surface area contributed by atoms with Crippen LogP contribution >= 0.6 is 0 Å². The van der Waals surface area contributed by atoms with Crippen molar-refractivity contribution in [3.05, 3.63) is 39.4 Å². The van der Waals surface area contributed by atoms with Gasteiger partial charge in [0.25, 0.3) is 5.69 Å². The average molecular weight is 439 g/mol. The van der Waals surface area contributed by atoms with Crippen LogP contribution in [0.2, 0.25) is 0 Å². The van der Waals surface area contributed by atoms with Gasteiger partial charge < -0.3 is 19.5 Å². The molecule has 0 bridgehead atoms. The molecule has 0 aliphatic carbocycles. The number of aliphatic hydroxyl groups is 1. The highest BCUT2D eigenvalue weighted by atomic mass is 16.6. The number of non-ortho nitro benzene ring substituents is 1. The van der Waals surface area contributed by atoms with E-state index in [1.807, 2.05) is 0 Å². The topological polar surface area (TPSA) is 104 Å². The van der Waals surface area contributed by atoms with Gasteiger partial charge in [0, 0.05) is 17.7 Å². The molecule has 0 aliphatic heterocycles. The number of unbranched alkanes of at least 4 members (excludes halogenated alkanes) is 4. The van der Waals surface area contributed by atoms with E-state index in [1.54, 1.807) is 0 Å². The van der Waals surface area contributed by atoms with Gasteiger partial charge in [-0.25, -0.2) is 0 Å². The van der Waals surface area contributed by atoms with Crippen LogP contribution in [0.4, 0.5) is 5.69 Å². The lowest BCUT2D eigenvalue weighted by Gasteiger charge is -2.39. The number of rotatable bonds is 15. The van der Waals surface area contributed by atoms with Crippen LogP contribution in [-0.2, 0) is 6.61 Å². The second-order valence-electron chi connectivity index (χ2n) is 8.19. The fourth-order valence-corrected chi connectivity index (χ4v) is 3.65. The Morgan fingerprint density at radius 1 is 0.903 bits per heavy atom. The van der Waals surface area contributed by atoms with E-state index in [1.165, 1.54) is 88.1 Å². The van der Waals surface area contributed by atoms with Crippen molar-refractivity contribution in [3.63, 3.8) is 0 Å². The maximum absolute atomic E-state index is 10.5. The van der Waals surface area contributed by atoms with E-state index in [0.717, 1.165) is 12.1 Å². The molecule has 31 heavy (non-hydrogen) atoms. The molecule has 1 aromatic carbocycles. The Kier molecular flexibility index (Phi) is 15.6. The van der Waals surface area contributed by atoms with Crippen molar-refractivity contribution < 1.29 is 24.4 Å². The first kappa shape index (κ1) is 29.0. The van der Waals surface area contributed by atoms with Gasteiger partial charge in [0.2, 0.25) is 0 Å². The van der Waals surface area contributed by atoms with Gasteiger partial charge in [0.1, 0.15) is 0 Å². The van der Waals surface area contributed by atoms with E-state index >= 15 is 0 Å². The van der Waals surface area contributed by atoms with Crippen LogP contribution < -0.4 is 5.11 Å². The number of hydrogen-bond donors (Lipinski definition) is 1. The summed E-state index contributed by atoms with van der Waals surface area (Å²) in [5.41, 5.74) is -0.612. The van der Waals surface area contributed by atoms with E-state index < -0.39 is 17.5 Å². The van der Waals surface area contributed by atoms with Crippen LogP contribution in [0.5, 0.6) is 0 Å². The number of aliphatic hydroxyl groups excluding tert-OH is 1. The number of nitrogens with zero attached hydrogens (tertiary/aromatic N) is 2. The molecule has 1 rings (SSSR count). The SMILES string of the molecule is CCCC[N+](CCCC)(CCCC)CCCC.O=C([O-])c1cc([N+](=O)[O-])ccc1CO. The molecule has 0 aliphatic rings. The van der Waals surface area contributed by atoms with Gasteiger partial charge in [0.15, 0.2) is 0 Å². The molecule has 7 heteroatoms. The summed E-state index contributed by atoms with van der Waals surface area (Å²) in [5, 5.41) is 29.6. The molecular weight excluding hydrogens is 396 g/mol. The van der Waals surface area contributed by atoms with Crippen LogP contribution in [0.1, 0.15) is 95.0 Å². The Morgan fingerprint density at radius 3 is 1.61 bits per heavy atom. The van der Waals surface area contributed by atoms with Gasteiger partial charge >= 0.3 is 0 Å². The molecule has 0 aromatic heterocycles. The van der Waals surface area contributed by atoms with Gasteiger partial charge in [-0.1, -0.05) is 53.4 Å². The number of carbonyl (C=O) groups excluding carboxylic acids is 1. The van der Waals surface area contributed by atoms with Crippen molar-refractivity contribution in [1.29, 1.82) is 0 Å². The van der Waals surface area contributed by atoms with Gasteiger partial charge in [-0.3, -0.25) is 10.1 Å². The lowest BCUT2D eigenvalue weighted by Crippen LogP contribution is -2.50. The van der Waals surface area contributed by atoms with E-state index in [-0.39, 0.29) is 16.8 Å². The highest BCUT2D eigenvalue weighted by Gasteiger charge is 2.24. The minimum Gasteiger partial charge on any atom is -0.545 e. The number of quaternary nitrogens is 1. The summed E-state index contributed by atoms with van der Waals surface area (Å²) < 4.78 is 1.42. The van der Waals surface area contributed by atoms with Gasteiger partial charge in [-0.15, -0.1) is 0 Å². The summed E-state index contributed by atoms with van der Waals surface area (Å²) in [4.78, 5) is 20.1. The molecule has 1 N–H and O–H groups in total. The van der Waals surface area contributed by atoms with Crippen LogP contribution in [0.25, 0.3) is 0 Å². The fraction of sp³-hybridized carbons (Fsp3) is 0.708. The number of nitro benzene ring substituents is 1. The van der Waals surface area contributed by atoms with Crippen LogP contribution in [-0.4, -0.2) is 46.7 Å². The van der Waals surface area contributed by atoms with Crippen molar-refractivity contribution in [2.75, 3.05) is 26.2 Å². The molecule has 0 heterocycles. The third-order valence-corrected chi connectivity index (χ3v) is 5.64. The number of hydrogen-bond acceptors (Lipinski definition) is 5. The van der Waals surface area contributed by atoms with E-state index in [0.29, 0.717) is 0 Å². The Bertz CT molecular complexity index is 611. The molecule has 178 valence electrons. The highest BCUT2D eigenvalue weighted by Crippen LogP contribution is 2.18. The summed E-state index contributed by atoms with van der Waals surface area (Å²) in [7, 11) is 0. The monoisotopic (exact) mass is 438 g/mol. The number of carboxylic acid groups (broad SMARTS) is 1. The summed E-state index contributed by atoms with van der Waals surface area (Å²) in [6, 6.07) is 3.17. The fourth-order valence-electron chi connectivity index (χ4n) is 3.65. The number of benzene rings is 1. The summed E-state index contributed by atoms with van der Waals surface area (Å²) >= 11 is 0. The summed E-state index contributed by atoms with van der Waals surface area (Å²) in [6.45, 7) is 14.5. The van der Waals surface area contributed by atoms with Crippen molar-refractivity contribution in [2.24, 2.45) is 0 Å². The largest absolute Gasteiger partial charge is 0.545 e. The first-order valence-electron chi connectivity index (χ1n) is 11.7. The van der Waals surface area contributed by atoms with E-state index in [4.69, 9.17) is 5.11 Å². The van der Waals surface area contributed by atoms with Crippen LogP contribution in [0.3, 0.4) is 0 Å². The second-order valence-corrected chi connectivity index (χ2v) is 8.19. The molecule has 0 saturated heterocycles. The Labute approximate surface area is 187 Å². The molecule has 0 fully saturated rings. The zero-order chi connectivity index (χ0) is 23.7. The van der Waals surface area contributed by atoms with Gasteiger partial charge in [-0.05, 0) is 37.3 Å². The van der Waals surface area contributed by atoms with E-state index in [9.17, 15) is 20.0 Å². The third kappa shape index (κ3) is 11.3. The smallest absolute Gasteiger partial charge is 0.270 e. The molecule has 0 unspecified atom stereocenters. The molecular formula is C24H42N2O5. The Hall–Kier alpha value is -1.99. The quantitative estimate of drug-likeness (QED) is 0.247. The molecule has 1 aromatic rings. The van der Waals surface area contributed by atoms with Gasteiger partial charge in [0.05, 0.1) is 43.7 Å². The molecule has 0 saturated carbocycles. The molecule has 7 nitrogen and oxygen atoms in total. The normalized spacial score (nSPS) is 11.0. The van der Waals surface area contributed by atoms with Crippen LogP contribution in [0, 0.1) is 10.1 Å². The predicted molar refractivity (Wildman–Crippen MR) is 123 cm³/mol. The minimum absolute atomic E-state index is 0.0931. The number of nitro groups is 1. The zero-order valence-corrected chi connectivity index (χ0v) is 19.9. The molecule has 0 amide bonds. The summed E-state index contributed by atoms with van der Waals surface area (Å²) in [6.07, 6.45) is 11.1. The maximum Gasteiger partial charge on any atom is 0.270 e. The lowest BCUT2D eigenvalue weighted by molar-refractivity contribution is -0.929. The van der Waals surface area contributed by atoms with Crippen LogP contribution in [0.15, 0.2) is 18.2 Å². The average Bonchev–Trinajstić information content (AvgIpc) is 2.78. The standard InChI is InChI=1S/C16H36N.C8H7NO5/c1-5-9-13-17(14-10-6-2,15-11-7-3)16-12-8-4;10-4-5-1-2-6(9(13)14)3-7(5)8(11)12/h5-16H2,1-4H3;1-3,10H,4H2,(H,11,12)/q+1;/p-1. The lowest BCUT2D eigenvalue weighted by atomic mass is 10.1. The first-order chi connectivity index (χ1) is 14.8. The Morgan fingerprint density at radius 2 is 1.32 bits per heavy atom. The van der Waals surface area contributed by atoms with Crippen molar-refractivity contribution in [1.82, 2.24) is 0 Å².